The fraction of sp³-hybridized carbons (Fsp3) is 0.188. The molecule has 1 aliphatic rings. The third kappa shape index (κ3) is 3.62. The van der Waals surface area contributed by atoms with E-state index in [9.17, 15) is 4.79 Å². The van der Waals surface area contributed by atoms with Crippen molar-refractivity contribution in [3.8, 4) is 0 Å². The van der Waals surface area contributed by atoms with Crippen molar-refractivity contribution in [2.45, 2.75) is 6.04 Å². The van der Waals surface area contributed by atoms with Gasteiger partial charge in [0.1, 0.15) is 0 Å². The molecule has 0 saturated carbocycles. The highest BCUT2D eigenvalue weighted by Gasteiger charge is 2.29. The van der Waals surface area contributed by atoms with Crippen molar-refractivity contribution >= 4 is 29.5 Å². The van der Waals surface area contributed by atoms with Crippen molar-refractivity contribution in [2.75, 3.05) is 18.4 Å². The van der Waals surface area contributed by atoms with E-state index < -0.39 is 0 Å². The summed E-state index contributed by atoms with van der Waals surface area (Å²) >= 11 is 5.82. The van der Waals surface area contributed by atoms with Gasteiger partial charge in [0.25, 0.3) is 0 Å². The lowest BCUT2D eigenvalue weighted by Gasteiger charge is -2.38. The lowest BCUT2D eigenvalue weighted by molar-refractivity contribution is -0.129. The average molecular weight is 315 g/mol. The summed E-state index contributed by atoms with van der Waals surface area (Å²) in [5.74, 6) is 0.596. The first-order chi connectivity index (χ1) is 10.7. The molecule has 6 heteroatoms. The Morgan fingerprint density at radius 2 is 1.91 bits per heavy atom. The van der Waals surface area contributed by atoms with E-state index in [1.165, 1.54) is 0 Å². The van der Waals surface area contributed by atoms with E-state index in [4.69, 9.17) is 11.6 Å². The van der Waals surface area contributed by atoms with Crippen molar-refractivity contribution < 1.29 is 4.79 Å². The zero-order chi connectivity index (χ0) is 15.4. The van der Waals surface area contributed by atoms with E-state index in [0.29, 0.717) is 24.1 Å². The van der Waals surface area contributed by atoms with Crippen LogP contribution in [0.2, 0.25) is 5.02 Å². The van der Waals surface area contributed by atoms with Crippen LogP contribution in [-0.4, -0.2) is 39.9 Å². The van der Waals surface area contributed by atoms with Gasteiger partial charge in [-0.15, -0.1) is 0 Å². The summed E-state index contributed by atoms with van der Waals surface area (Å²) in [5.41, 5.74) is 0.950. The summed E-state index contributed by atoms with van der Waals surface area (Å²) in [6.45, 7) is 1.31. The normalized spacial score (nSPS) is 14.9. The van der Waals surface area contributed by atoms with E-state index in [0.717, 1.165) is 5.56 Å². The zero-order valence-corrected chi connectivity index (χ0v) is 12.6. The number of carbonyl (C=O) groups is 1. The van der Waals surface area contributed by atoms with Gasteiger partial charge < -0.3 is 10.2 Å². The van der Waals surface area contributed by atoms with Crippen molar-refractivity contribution in [3.63, 3.8) is 0 Å². The van der Waals surface area contributed by atoms with E-state index in [2.05, 4.69) is 15.3 Å². The molecule has 0 spiro atoms. The molecule has 5 nitrogen and oxygen atoms in total. The van der Waals surface area contributed by atoms with E-state index >= 15 is 0 Å². The number of carbonyl (C=O) groups excluding carboxylic acids is 1. The maximum absolute atomic E-state index is 12.0. The monoisotopic (exact) mass is 314 g/mol. The zero-order valence-electron chi connectivity index (χ0n) is 11.8. The number of benzene rings is 1. The molecule has 1 aliphatic heterocycles. The van der Waals surface area contributed by atoms with Crippen LogP contribution in [0, 0.1) is 0 Å². The topological polar surface area (TPSA) is 58.1 Å². The maximum atomic E-state index is 12.0. The molecular formula is C16H15ClN4O. The van der Waals surface area contributed by atoms with Gasteiger partial charge in [-0.05, 0) is 29.8 Å². The minimum atomic E-state index is 0.00183. The molecule has 1 fully saturated rings. The Balaban J connectivity index is 1.48. The Morgan fingerprint density at radius 3 is 2.59 bits per heavy atom. The smallest absolute Gasteiger partial charge is 0.246 e. The molecule has 22 heavy (non-hydrogen) atoms. The van der Waals surface area contributed by atoms with Crippen molar-refractivity contribution in [2.24, 2.45) is 0 Å². The van der Waals surface area contributed by atoms with Crippen LogP contribution >= 0.6 is 11.6 Å². The molecule has 0 aliphatic carbocycles. The number of hydrogen-bond donors (Lipinski definition) is 1. The first kappa shape index (κ1) is 14.5. The quantitative estimate of drug-likeness (QED) is 0.881. The van der Waals surface area contributed by atoms with Gasteiger partial charge >= 0.3 is 0 Å². The number of amides is 1. The fourth-order valence-corrected chi connectivity index (χ4v) is 2.28. The molecule has 2 aromatic rings. The number of halogens is 1. The molecular weight excluding hydrogens is 300 g/mol. The molecule has 1 amide bonds. The number of hydrogen-bond acceptors (Lipinski definition) is 4. The van der Waals surface area contributed by atoms with Gasteiger partial charge in [-0.25, -0.2) is 9.97 Å². The van der Waals surface area contributed by atoms with Crippen LogP contribution in [0.1, 0.15) is 5.56 Å². The van der Waals surface area contributed by atoms with Crippen LogP contribution in [0.5, 0.6) is 0 Å². The standard InChI is InChI=1S/C16H15ClN4O/c17-13-5-2-12(3-6-13)4-7-15(22)21-10-14(11-21)20-16-18-8-1-9-19-16/h1-9,14H,10-11H2,(H,18,19,20)/b7-4+. The predicted molar refractivity (Wildman–Crippen MR) is 86.5 cm³/mol. The molecule has 3 rings (SSSR count). The number of nitrogens with zero attached hydrogens (tertiary/aromatic N) is 3. The lowest BCUT2D eigenvalue weighted by atomic mass is 10.1. The number of likely N-dealkylation sites (tertiary alicyclic amines) is 1. The molecule has 1 aromatic heterocycles. The highest BCUT2D eigenvalue weighted by molar-refractivity contribution is 6.30. The second-order valence-corrected chi connectivity index (χ2v) is 5.48. The molecule has 1 aromatic carbocycles. The first-order valence-electron chi connectivity index (χ1n) is 6.97. The van der Waals surface area contributed by atoms with Gasteiger partial charge in [-0.1, -0.05) is 23.7 Å². The van der Waals surface area contributed by atoms with Crippen LogP contribution in [-0.2, 0) is 4.79 Å². The summed E-state index contributed by atoms with van der Waals surface area (Å²) in [5, 5.41) is 3.87. The summed E-state index contributed by atoms with van der Waals surface area (Å²) in [6, 6.07) is 9.32. The highest BCUT2D eigenvalue weighted by Crippen LogP contribution is 2.14. The van der Waals surface area contributed by atoms with E-state index in [-0.39, 0.29) is 11.9 Å². The molecule has 1 saturated heterocycles. The van der Waals surface area contributed by atoms with Gasteiger partial charge in [0.05, 0.1) is 6.04 Å². The highest BCUT2D eigenvalue weighted by atomic mass is 35.5. The Labute approximate surface area is 133 Å². The maximum Gasteiger partial charge on any atom is 0.246 e. The number of rotatable bonds is 4. The molecule has 0 atom stereocenters. The number of nitrogens with one attached hydrogen (secondary N) is 1. The Kier molecular flexibility index (Phi) is 4.34. The SMILES string of the molecule is O=C(/C=C/c1ccc(Cl)cc1)N1CC(Nc2ncccn2)C1. The van der Waals surface area contributed by atoms with Crippen LogP contribution in [0.3, 0.4) is 0 Å². The van der Waals surface area contributed by atoms with Crippen LogP contribution < -0.4 is 5.32 Å². The summed E-state index contributed by atoms with van der Waals surface area (Å²) < 4.78 is 0. The van der Waals surface area contributed by atoms with Gasteiger partial charge in [0, 0.05) is 36.6 Å². The van der Waals surface area contributed by atoms with Gasteiger partial charge in [0.15, 0.2) is 0 Å². The minimum Gasteiger partial charge on any atom is -0.348 e. The molecule has 1 N–H and O–H groups in total. The first-order valence-corrected chi connectivity index (χ1v) is 7.34. The predicted octanol–water partition coefficient (Wildman–Crippen LogP) is 2.47. The largest absolute Gasteiger partial charge is 0.348 e. The summed E-state index contributed by atoms with van der Waals surface area (Å²) in [7, 11) is 0. The average Bonchev–Trinajstić information content (AvgIpc) is 2.50. The van der Waals surface area contributed by atoms with Crippen molar-refractivity contribution in [3.05, 3.63) is 59.4 Å². The van der Waals surface area contributed by atoms with E-state index in [1.807, 2.05) is 12.1 Å². The van der Waals surface area contributed by atoms with Crippen LogP contribution in [0.15, 0.2) is 48.8 Å². The third-order valence-corrected chi connectivity index (χ3v) is 3.63. The van der Waals surface area contributed by atoms with E-state index in [1.54, 1.807) is 47.6 Å². The molecule has 112 valence electrons. The van der Waals surface area contributed by atoms with Gasteiger partial charge in [-0.2, -0.15) is 0 Å². The fourth-order valence-electron chi connectivity index (χ4n) is 2.15. The van der Waals surface area contributed by atoms with Crippen molar-refractivity contribution in [1.82, 2.24) is 14.9 Å². The summed E-state index contributed by atoms with van der Waals surface area (Å²) in [6.07, 6.45) is 6.75. The Morgan fingerprint density at radius 1 is 1.23 bits per heavy atom. The molecule has 0 bridgehead atoms. The molecule has 0 unspecified atom stereocenters. The van der Waals surface area contributed by atoms with Crippen LogP contribution in [0.25, 0.3) is 6.08 Å². The molecule has 0 radical (unpaired) electrons. The Hall–Kier alpha value is -2.40. The van der Waals surface area contributed by atoms with Gasteiger partial charge in [0.2, 0.25) is 11.9 Å². The second-order valence-electron chi connectivity index (χ2n) is 5.04. The number of aromatic nitrogens is 2. The third-order valence-electron chi connectivity index (χ3n) is 3.38. The lowest BCUT2D eigenvalue weighted by Crippen LogP contribution is -2.56. The summed E-state index contributed by atoms with van der Waals surface area (Å²) in [4.78, 5) is 22.0. The van der Waals surface area contributed by atoms with Crippen molar-refractivity contribution in [1.29, 1.82) is 0 Å². The Bertz CT molecular complexity index is 666. The van der Waals surface area contributed by atoms with Crippen LogP contribution in [0.4, 0.5) is 5.95 Å². The minimum absolute atomic E-state index is 0.00183. The van der Waals surface area contributed by atoms with Gasteiger partial charge in [-0.3, -0.25) is 4.79 Å². The molecule has 2 heterocycles. The second kappa shape index (κ2) is 6.58. The number of anilines is 1.